The van der Waals surface area contributed by atoms with Crippen molar-refractivity contribution >= 4 is 17.3 Å². The Morgan fingerprint density at radius 2 is 2.00 bits per heavy atom. The first-order chi connectivity index (χ1) is 6.11. The molecule has 0 aromatic heterocycles. The van der Waals surface area contributed by atoms with Crippen molar-refractivity contribution in [1.29, 1.82) is 5.41 Å². The van der Waals surface area contributed by atoms with E-state index >= 15 is 0 Å². The number of carbonyl (C=O) groups excluding carboxylic acids is 2. The minimum Gasteiger partial charge on any atom is -0.300 e. The Balaban J connectivity index is 3.07. The summed E-state index contributed by atoms with van der Waals surface area (Å²) in [6.07, 6.45) is 2.42. The van der Waals surface area contributed by atoms with E-state index in [4.69, 9.17) is 5.41 Å². The molecule has 1 rings (SSSR count). The third-order valence-electron chi connectivity index (χ3n) is 2.34. The van der Waals surface area contributed by atoms with Crippen molar-refractivity contribution < 1.29 is 9.59 Å². The normalized spacial score (nSPS) is 23.4. The summed E-state index contributed by atoms with van der Waals surface area (Å²) in [5.74, 6) is -0.842. The molecule has 0 radical (unpaired) electrons. The predicted molar refractivity (Wildman–Crippen MR) is 49.9 cm³/mol. The van der Waals surface area contributed by atoms with Crippen molar-refractivity contribution in [3.8, 4) is 0 Å². The standard InChI is InChI=1S/C10H13NO2/c1-3-6-5-8(12)9(11)7(4-2)10(6)13/h5,7,11H,3-4H2,1-2H3. The van der Waals surface area contributed by atoms with Gasteiger partial charge in [0.15, 0.2) is 11.6 Å². The van der Waals surface area contributed by atoms with Gasteiger partial charge in [-0.05, 0) is 24.5 Å². The predicted octanol–water partition coefficient (Wildman–Crippen LogP) is 1.52. The second-order valence-corrected chi connectivity index (χ2v) is 3.13. The van der Waals surface area contributed by atoms with E-state index in [1.165, 1.54) is 6.08 Å². The molecule has 3 nitrogen and oxygen atoms in total. The highest BCUT2D eigenvalue weighted by molar-refractivity contribution is 6.50. The molecule has 0 fully saturated rings. The number of Topliss-reactive ketones (excluding diaryl/α,β-unsaturated/α-hetero) is 1. The van der Waals surface area contributed by atoms with Crippen LogP contribution >= 0.6 is 0 Å². The molecule has 1 atom stereocenters. The zero-order valence-electron chi connectivity index (χ0n) is 7.89. The van der Waals surface area contributed by atoms with Gasteiger partial charge in [-0.15, -0.1) is 0 Å². The third-order valence-corrected chi connectivity index (χ3v) is 2.34. The summed E-state index contributed by atoms with van der Waals surface area (Å²) in [5, 5.41) is 7.43. The lowest BCUT2D eigenvalue weighted by Gasteiger charge is -2.19. The molecule has 70 valence electrons. The van der Waals surface area contributed by atoms with Gasteiger partial charge in [0.2, 0.25) is 0 Å². The van der Waals surface area contributed by atoms with E-state index in [0.29, 0.717) is 18.4 Å². The molecule has 1 unspecified atom stereocenters. The first kappa shape index (κ1) is 9.84. The average Bonchev–Trinajstić information content (AvgIpc) is 2.12. The summed E-state index contributed by atoms with van der Waals surface area (Å²) >= 11 is 0. The number of nitrogens with one attached hydrogen (secondary N) is 1. The number of allylic oxidation sites excluding steroid dienone is 2. The molecule has 0 aromatic rings. The highest BCUT2D eigenvalue weighted by Gasteiger charge is 2.31. The molecular formula is C10H13NO2. The first-order valence-electron chi connectivity index (χ1n) is 4.49. The van der Waals surface area contributed by atoms with E-state index in [-0.39, 0.29) is 17.3 Å². The Kier molecular flexibility index (Phi) is 2.76. The second-order valence-electron chi connectivity index (χ2n) is 3.13. The van der Waals surface area contributed by atoms with Crippen LogP contribution in [0.2, 0.25) is 0 Å². The van der Waals surface area contributed by atoms with Crippen LogP contribution in [0.1, 0.15) is 26.7 Å². The SMILES string of the molecule is CCC1=CC(=O)C(=N)C(CC)C1=O. The molecule has 0 spiro atoms. The zero-order chi connectivity index (χ0) is 10.0. The fourth-order valence-corrected chi connectivity index (χ4v) is 1.50. The van der Waals surface area contributed by atoms with E-state index < -0.39 is 5.92 Å². The lowest BCUT2D eigenvalue weighted by Crippen LogP contribution is -2.34. The minimum absolute atomic E-state index is 0.0467. The van der Waals surface area contributed by atoms with Crippen LogP contribution in [0.4, 0.5) is 0 Å². The van der Waals surface area contributed by atoms with Crippen molar-refractivity contribution in [2.45, 2.75) is 26.7 Å². The van der Waals surface area contributed by atoms with Crippen molar-refractivity contribution in [2.75, 3.05) is 0 Å². The lowest BCUT2D eigenvalue weighted by molar-refractivity contribution is -0.119. The average molecular weight is 179 g/mol. The quantitative estimate of drug-likeness (QED) is 0.698. The Morgan fingerprint density at radius 3 is 2.46 bits per heavy atom. The van der Waals surface area contributed by atoms with Crippen LogP contribution in [-0.4, -0.2) is 17.3 Å². The largest absolute Gasteiger partial charge is 0.300 e. The summed E-state index contributed by atoms with van der Waals surface area (Å²) in [6.45, 7) is 3.67. The third kappa shape index (κ3) is 1.59. The van der Waals surface area contributed by atoms with Gasteiger partial charge in [-0.25, -0.2) is 0 Å². The summed E-state index contributed by atoms with van der Waals surface area (Å²) in [5.41, 5.74) is 0.512. The molecule has 0 heterocycles. The van der Waals surface area contributed by atoms with Crippen LogP contribution in [0.15, 0.2) is 11.6 Å². The van der Waals surface area contributed by atoms with E-state index in [1.54, 1.807) is 0 Å². The van der Waals surface area contributed by atoms with Crippen LogP contribution in [0.5, 0.6) is 0 Å². The lowest BCUT2D eigenvalue weighted by atomic mass is 9.82. The van der Waals surface area contributed by atoms with Crippen molar-refractivity contribution in [3.05, 3.63) is 11.6 Å². The maximum absolute atomic E-state index is 11.6. The maximum Gasteiger partial charge on any atom is 0.200 e. The van der Waals surface area contributed by atoms with Gasteiger partial charge < -0.3 is 5.41 Å². The molecule has 1 aliphatic carbocycles. The molecule has 1 aliphatic rings. The molecule has 1 N–H and O–H groups in total. The van der Waals surface area contributed by atoms with E-state index in [1.807, 2.05) is 13.8 Å². The molecule has 0 saturated heterocycles. The van der Waals surface area contributed by atoms with Crippen molar-refractivity contribution in [2.24, 2.45) is 5.92 Å². The number of hydrogen-bond donors (Lipinski definition) is 1. The number of rotatable bonds is 2. The molecule has 0 saturated carbocycles. The first-order valence-corrected chi connectivity index (χ1v) is 4.49. The number of carbonyl (C=O) groups is 2. The Bertz CT molecular complexity index is 302. The molecule has 0 aromatic carbocycles. The van der Waals surface area contributed by atoms with Gasteiger partial charge in [-0.1, -0.05) is 13.8 Å². The fraction of sp³-hybridized carbons (Fsp3) is 0.500. The zero-order valence-corrected chi connectivity index (χ0v) is 7.89. The van der Waals surface area contributed by atoms with E-state index in [9.17, 15) is 9.59 Å². The highest BCUT2D eigenvalue weighted by Crippen LogP contribution is 2.20. The Hall–Kier alpha value is -1.25. The summed E-state index contributed by atoms with van der Waals surface area (Å²) in [4.78, 5) is 22.8. The molecule has 3 heteroatoms. The van der Waals surface area contributed by atoms with Crippen LogP contribution < -0.4 is 0 Å². The van der Waals surface area contributed by atoms with Gasteiger partial charge in [0.25, 0.3) is 0 Å². The van der Waals surface area contributed by atoms with Gasteiger partial charge in [0.1, 0.15) is 0 Å². The van der Waals surface area contributed by atoms with Crippen LogP contribution in [0.25, 0.3) is 0 Å². The smallest absolute Gasteiger partial charge is 0.200 e. The van der Waals surface area contributed by atoms with Gasteiger partial charge in [-0.2, -0.15) is 0 Å². The molecule has 0 amide bonds. The van der Waals surface area contributed by atoms with Gasteiger partial charge in [-0.3, -0.25) is 9.59 Å². The van der Waals surface area contributed by atoms with Crippen LogP contribution in [0, 0.1) is 11.3 Å². The van der Waals surface area contributed by atoms with Gasteiger partial charge in [0, 0.05) is 0 Å². The van der Waals surface area contributed by atoms with Gasteiger partial charge in [0.05, 0.1) is 11.6 Å². The maximum atomic E-state index is 11.6. The Labute approximate surface area is 77.3 Å². The molecule has 0 bridgehead atoms. The topological polar surface area (TPSA) is 58.0 Å². The second kappa shape index (κ2) is 3.64. The van der Waals surface area contributed by atoms with Crippen LogP contribution in [-0.2, 0) is 9.59 Å². The monoisotopic (exact) mass is 179 g/mol. The summed E-state index contributed by atoms with van der Waals surface area (Å²) in [6, 6.07) is 0. The van der Waals surface area contributed by atoms with Crippen LogP contribution in [0.3, 0.4) is 0 Å². The summed E-state index contributed by atoms with van der Waals surface area (Å²) in [7, 11) is 0. The number of ketones is 2. The van der Waals surface area contributed by atoms with Crippen molar-refractivity contribution in [3.63, 3.8) is 0 Å². The Morgan fingerprint density at radius 1 is 1.38 bits per heavy atom. The van der Waals surface area contributed by atoms with E-state index in [2.05, 4.69) is 0 Å². The number of hydrogen-bond acceptors (Lipinski definition) is 3. The molecule has 13 heavy (non-hydrogen) atoms. The van der Waals surface area contributed by atoms with Crippen molar-refractivity contribution in [1.82, 2.24) is 0 Å². The van der Waals surface area contributed by atoms with E-state index in [0.717, 1.165) is 0 Å². The molecule has 0 aliphatic heterocycles. The fourth-order valence-electron chi connectivity index (χ4n) is 1.50. The molecular weight excluding hydrogens is 166 g/mol. The highest BCUT2D eigenvalue weighted by atomic mass is 16.1. The minimum atomic E-state index is -0.493. The summed E-state index contributed by atoms with van der Waals surface area (Å²) < 4.78 is 0. The van der Waals surface area contributed by atoms with Gasteiger partial charge >= 0.3 is 0 Å².